The lowest BCUT2D eigenvalue weighted by Gasteiger charge is -2.30. The van der Waals surface area contributed by atoms with Gasteiger partial charge in [0.2, 0.25) is 0 Å². The van der Waals surface area contributed by atoms with Crippen LogP contribution in [0.15, 0.2) is 47.6 Å². The number of nitrogens with one attached hydrogen (secondary N) is 1. The predicted octanol–water partition coefficient (Wildman–Crippen LogP) is 4.70. The van der Waals surface area contributed by atoms with Crippen molar-refractivity contribution >= 4 is 34.8 Å². The predicted molar refractivity (Wildman–Crippen MR) is 142 cm³/mol. The lowest BCUT2D eigenvalue weighted by molar-refractivity contribution is 0.276. The van der Waals surface area contributed by atoms with Gasteiger partial charge >= 0.3 is 0 Å². The van der Waals surface area contributed by atoms with Crippen molar-refractivity contribution in [2.75, 3.05) is 45.8 Å². The molecule has 1 fully saturated rings. The summed E-state index contributed by atoms with van der Waals surface area (Å²) in [5.74, 6) is 1.19. The van der Waals surface area contributed by atoms with Crippen LogP contribution >= 0.6 is 0 Å². The molecule has 0 radical (unpaired) electrons. The molecule has 0 saturated carbocycles. The molecule has 0 aliphatic carbocycles. The maximum atomic E-state index is 7.74. The summed E-state index contributed by atoms with van der Waals surface area (Å²) in [6, 6.07) is 12.7. The van der Waals surface area contributed by atoms with E-state index < -0.39 is 0 Å². The SMILES string of the molecule is CN=CC(C=N)c1cnc2ccc(N(CCN3CCCC3C)c3cc(OC)cc(OC)c3)cc2n1. The Bertz CT molecular complexity index is 1180. The number of aliphatic imine (C=N–C) groups is 1. The first-order valence-electron chi connectivity index (χ1n) is 12.0. The monoisotopic (exact) mass is 474 g/mol. The molecule has 35 heavy (non-hydrogen) atoms. The Labute approximate surface area is 207 Å². The third-order valence-electron chi connectivity index (χ3n) is 6.64. The fraction of sp³-hybridized carbons (Fsp3) is 0.407. The van der Waals surface area contributed by atoms with Crippen molar-refractivity contribution in [3.8, 4) is 11.5 Å². The lowest BCUT2D eigenvalue weighted by atomic mass is 10.1. The largest absolute Gasteiger partial charge is 0.497 e. The third kappa shape index (κ3) is 5.59. The fourth-order valence-corrected chi connectivity index (χ4v) is 4.62. The number of fused-ring (bicyclic) bond motifs is 1. The van der Waals surface area contributed by atoms with Crippen LogP contribution in [0.3, 0.4) is 0 Å². The molecule has 1 aliphatic rings. The first-order chi connectivity index (χ1) is 17.1. The Hall–Kier alpha value is -3.52. The fourth-order valence-electron chi connectivity index (χ4n) is 4.62. The number of benzene rings is 2. The zero-order valence-electron chi connectivity index (χ0n) is 20.9. The number of likely N-dealkylation sites (tertiary alicyclic amines) is 1. The van der Waals surface area contributed by atoms with Gasteiger partial charge in [-0.15, -0.1) is 0 Å². The number of nitrogens with zero attached hydrogens (tertiary/aromatic N) is 5. The van der Waals surface area contributed by atoms with Gasteiger partial charge in [0.15, 0.2) is 0 Å². The highest BCUT2D eigenvalue weighted by atomic mass is 16.5. The Morgan fingerprint density at radius 3 is 2.54 bits per heavy atom. The molecule has 0 spiro atoms. The number of ether oxygens (including phenoxy) is 2. The van der Waals surface area contributed by atoms with Crippen molar-refractivity contribution in [1.82, 2.24) is 14.9 Å². The Morgan fingerprint density at radius 2 is 1.91 bits per heavy atom. The summed E-state index contributed by atoms with van der Waals surface area (Å²) in [6.07, 6.45) is 7.25. The molecule has 8 heteroatoms. The van der Waals surface area contributed by atoms with Crippen molar-refractivity contribution in [3.63, 3.8) is 0 Å². The summed E-state index contributed by atoms with van der Waals surface area (Å²) in [7, 11) is 5.03. The average molecular weight is 475 g/mol. The molecule has 2 atom stereocenters. The van der Waals surface area contributed by atoms with Gasteiger partial charge in [-0.3, -0.25) is 14.9 Å². The van der Waals surface area contributed by atoms with Crippen LogP contribution < -0.4 is 14.4 Å². The Morgan fingerprint density at radius 1 is 1.14 bits per heavy atom. The van der Waals surface area contributed by atoms with Gasteiger partial charge in [0.25, 0.3) is 0 Å². The van der Waals surface area contributed by atoms with Crippen molar-refractivity contribution in [2.24, 2.45) is 4.99 Å². The number of methoxy groups -OCH3 is 2. The van der Waals surface area contributed by atoms with E-state index in [1.807, 2.05) is 24.3 Å². The Balaban J connectivity index is 1.75. The maximum Gasteiger partial charge on any atom is 0.124 e. The quantitative estimate of drug-likeness (QED) is 0.429. The van der Waals surface area contributed by atoms with E-state index in [9.17, 15) is 0 Å². The zero-order valence-corrected chi connectivity index (χ0v) is 20.9. The lowest BCUT2D eigenvalue weighted by Crippen LogP contribution is -2.35. The van der Waals surface area contributed by atoms with Crippen LogP contribution in [-0.2, 0) is 0 Å². The van der Waals surface area contributed by atoms with Crippen molar-refractivity contribution < 1.29 is 9.47 Å². The average Bonchev–Trinajstić information content (AvgIpc) is 3.31. The number of hydrogen-bond acceptors (Lipinski definition) is 8. The summed E-state index contributed by atoms with van der Waals surface area (Å²) in [6.45, 7) is 5.20. The van der Waals surface area contributed by atoms with Crippen LogP contribution in [0, 0.1) is 5.41 Å². The third-order valence-corrected chi connectivity index (χ3v) is 6.64. The standard InChI is InChI=1S/C27H34N6O2/c1-19-6-5-9-32(19)10-11-33(22-12-23(34-3)15-24(13-22)35-4)21-7-8-25-26(14-21)31-27(18-30-25)20(16-28)17-29-2/h7-8,12-20,28H,5-6,9-11H2,1-4H3. The molecule has 2 aromatic carbocycles. The van der Waals surface area contributed by atoms with Gasteiger partial charge in [0.05, 0.1) is 43.1 Å². The van der Waals surface area contributed by atoms with E-state index in [0.29, 0.717) is 11.7 Å². The van der Waals surface area contributed by atoms with E-state index in [1.54, 1.807) is 33.7 Å². The van der Waals surface area contributed by atoms with Crippen LogP contribution in [0.2, 0.25) is 0 Å². The van der Waals surface area contributed by atoms with E-state index in [4.69, 9.17) is 19.9 Å². The van der Waals surface area contributed by atoms with Crippen molar-refractivity contribution in [1.29, 1.82) is 5.41 Å². The minimum absolute atomic E-state index is 0.295. The molecular formula is C27H34N6O2. The first kappa shape index (κ1) is 24.6. The summed E-state index contributed by atoms with van der Waals surface area (Å²) in [5.41, 5.74) is 4.31. The van der Waals surface area contributed by atoms with Gasteiger partial charge in [-0.05, 0) is 44.5 Å². The molecule has 3 aromatic rings. The van der Waals surface area contributed by atoms with Crippen molar-refractivity contribution in [2.45, 2.75) is 31.7 Å². The van der Waals surface area contributed by atoms with E-state index in [0.717, 1.165) is 53.5 Å². The van der Waals surface area contributed by atoms with Crippen LogP contribution in [0.25, 0.3) is 11.0 Å². The van der Waals surface area contributed by atoms with E-state index in [-0.39, 0.29) is 5.92 Å². The molecule has 0 bridgehead atoms. The van der Waals surface area contributed by atoms with Gasteiger partial charge in [0, 0.05) is 68.2 Å². The highest BCUT2D eigenvalue weighted by molar-refractivity contribution is 5.89. The molecular weight excluding hydrogens is 440 g/mol. The normalized spacial score (nSPS) is 17.1. The first-order valence-corrected chi connectivity index (χ1v) is 12.0. The molecule has 1 saturated heterocycles. The minimum atomic E-state index is -0.295. The minimum Gasteiger partial charge on any atom is -0.497 e. The van der Waals surface area contributed by atoms with Crippen LogP contribution in [0.4, 0.5) is 11.4 Å². The number of aromatic nitrogens is 2. The topological polar surface area (TPSA) is 86.9 Å². The van der Waals surface area contributed by atoms with Gasteiger partial charge in [-0.25, -0.2) is 4.98 Å². The molecule has 1 N–H and O–H groups in total. The summed E-state index contributed by atoms with van der Waals surface area (Å²) < 4.78 is 11.1. The van der Waals surface area contributed by atoms with Gasteiger partial charge in [0.1, 0.15) is 11.5 Å². The van der Waals surface area contributed by atoms with E-state index in [1.165, 1.54) is 19.1 Å². The van der Waals surface area contributed by atoms with Crippen LogP contribution in [0.5, 0.6) is 11.5 Å². The van der Waals surface area contributed by atoms with Crippen LogP contribution in [-0.4, -0.2) is 74.2 Å². The molecule has 1 aliphatic heterocycles. The number of rotatable bonds is 10. The van der Waals surface area contributed by atoms with E-state index >= 15 is 0 Å². The molecule has 2 unspecified atom stereocenters. The van der Waals surface area contributed by atoms with Gasteiger partial charge in [-0.1, -0.05) is 0 Å². The summed E-state index contributed by atoms with van der Waals surface area (Å²) >= 11 is 0. The van der Waals surface area contributed by atoms with Crippen LogP contribution in [0.1, 0.15) is 31.4 Å². The molecule has 4 rings (SSSR count). The molecule has 2 heterocycles. The van der Waals surface area contributed by atoms with Gasteiger partial charge in [-0.2, -0.15) is 0 Å². The van der Waals surface area contributed by atoms with Gasteiger partial charge < -0.3 is 19.8 Å². The molecule has 1 aromatic heterocycles. The number of hydrogen-bond donors (Lipinski definition) is 1. The zero-order chi connectivity index (χ0) is 24.8. The molecule has 8 nitrogen and oxygen atoms in total. The second-order valence-electron chi connectivity index (χ2n) is 8.82. The molecule has 0 amide bonds. The smallest absolute Gasteiger partial charge is 0.124 e. The maximum absolute atomic E-state index is 7.74. The molecule has 184 valence electrons. The summed E-state index contributed by atoms with van der Waals surface area (Å²) in [4.78, 5) is 18.3. The highest BCUT2D eigenvalue weighted by Gasteiger charge is 2.22. The van der Waals surface area contributed by atoms with E-state index in [2.05, 4.69) is 38.8 Å². The summed E-state index contributed by atoms with van der Waals surface area (Å²) in [5, 5.41) is 7.74. The number of anilines is 2. The second-order valence-corrected chi connectivity index (χ2v) is 8.82. The second kappa shape index (κ2) is 11.3. The Kier molecular flexibility index (Phi) is 7.92. The van der Waals surface area contributed by atoms with Crippen molar-refractivity contribution in [3.05, 3.63) is 48.3 Å². The highest BCUT2D eigenvalue weighted by Crippen LogP contribution is 2.34.